The monoisotopic (exact) mass is 513 g/mol. The quantitative estimate of drug-likeness (QED) is 0.174. The van der Waals surface area contributed by atoms with Gasteiger partial charge in [-0.1, -0.05) is 38.5 Å². The molecule has 0 atom stereocenters. The molecule has 7 heteroatoms. The average molecular weight is 514 g/mol. The zero-order valence-corrected chi connectivity index (χ0v) is 23.2. The predicted octanol–water partition coefficient (Wildman–Crippen LogP) is 4.94. The van der Waals surface area contributed by atoms with E-state index in [0.717, 1.165) is 50.8 Å². The Morgan fingerprint density at radius 1 is 1.05 bits per heavy atom. The number of methoxy groups -OCH3 is 1. The van der Waals surface area contributed by atoms with Gasteiger partial charge in [-0.2, -0.15) is 0 Å². The van der Waals surface area contributed by atoms with Crippen LogP contribution < -0.4 is 14.8 Å². The van der Waals surface area contributed by atoms with E-state index in [4.69, 9.17) is 9.47 Å². The number of likely N-dealkylation sites (tertiary alicyclic amines) is 2. The summed E-state index contributed by atoms with van der Waals surface area (Å²) in [6.07, 6.45) is 14.1. The van der Waals surface area contributed by atoms with Gasteiger partial charge in [0.1, 0.15) is 0 Å². The van der Waals surface area contributed by atoms with E-state index in [2.05, 4.69) is 41.1 Å². The van der Waals surface area contributed by atoms with Gasteiger partial charge in [-0.3, -0.25) is 14.5 Å². The van der Waals surface area contributed by atoms with E-state index in [1.807, 2.05) is 12.1 Å². The fourth-order valence-corrected chi connectivity index (χ4v) is 5.18. The first-order valence-electron chi connectivity index (χ1n) is 14.2. The largest absolute Gasteiger partial charge is 0.493 e. The second kappa shape index (κ2) is 15.8. The van der Waals surface area contributed by atoms with Crippen LogP contribution in [0, 0.1) is 5.92 Å². The number of esters is 1. The molecule has 0 bridgehead atoms. The van der Waals surface area contributed by atoms with Crippen LogP contribution in [0.4, 0.5) is 0 Å². The number of nitrogens with zero attached hydrogens (tertiary/aromatic N) is 2. The van der Waals surface area contributed by atoms with Crippen molar-refractivity contribution in [2.24, 2.45) is 5.92 Å². The van der Waals surface area contributed by atoms with Gasteiger partial charge in [-0.25, -0.2) is 0 Å². The minimum atomic E-state index is -0.265. The van der Waals surface area contributed by atoms with Crippen molar-refractivity contribution < 1.29 is 19.1 Å². The summed E-state index contributed by atoms with van der Waals surface area (Å²) in [7, 11) is 1.56. The Morgan fingerprint density at radius 3 is 2.51 bits per heavy atom. The number of carbonyl (C=O) groups is 2. The highest BCUT2D eigenvalue weighted by Crippen LogP contribution is 2.28. The van der Waals surface area contributed by atoms with Crippen molar-refractivity contribution in [1.29, 1.82) is 0 Å². The van der Waals surface area contributed by atoms with E-state index in [-0.39, 0.29) is 11.9 Å². The van der Waals surface area contributed by atoms with Crippen molar-refractivity contribution in [2.75, 3.05) is 39.8 Å². The highest BCUT2D eigenvalue weighted by Gasteiger charge is 2.26. The molecule has 0 saturated carbocycles. The molecule has 2 aliphatic rings. The Hall–Kier alpha value is -2.38. The predicted molar refractivity (Wildman–Crippen MR) is 148 cm³/mol. The number of allylic oxidation sites excluding steroid dienone is 2. The van der Waals surface area contributed by atoms with E-state index in [1.54, 1.807) is 13.2 Å². The van der Waals surface area contributed by atoms with E-state index in [9.17, 15) is 9.59 Å². The highest BCUT2D eigenvalue weighted by atomic mass is 16.6. The molecular weight excluding hydrogens is 466 g/mol. The molecule has 1 aromatic carbocycles. The molecule has 0 unspecified atom stereocenters. The fraction of sp³-hybridized carbons (Fsp3) is 0.667. The SMILES string of the molecule is COc1cc(CNC(=O)CCCC/C=C/C(C)C)ccc1OC(=O)CN1CCC(N2CCCCC2)CC1. The zero-order chi connectivity index (χ0) is 26.5. The molecule has 7 nitrogen and oxygen atoms in total. The van der Waals surface area contributed by atoms with Crippen LogP contribution in [0.15, 0.2) is 30.4 Å². The van der Waals surface area contributed by atoms with Crippen molar-refractivity contribution in [1.82, 2.24) is 15.1 Å². The van der Waals surface area contributed by atoms with Gasteiger partial charge in [0, 0.05) is 32.1 Å². The molecule has 2 heterocycles. The number of rotatable bonds is 13. The van der Waals surface area contributed by atoms with Gasteiger partial charge < -0.3 is 19.7 Å². The van der Waals surface area contributed by atoms with Crippen LogP contribution in [0.2, 0.25) is 0 Å². The maximum absolute atomic E-state index is 12.6. The van der Waals surface area contributed by atoms with E-state index in [0.29, 0.717) is 43.0 Å². The summed E-state index contributed by atoms with van der Waals surface area (Å²) in [5, 5.41) is 2.97. The van der Waals surface area contributed by atoms with Crippen LogP contribution in [0.1, 0.15) is 77.2 Å². The maximum atomic E-state index is 12.6. The number of amides is 1. The summed E-state index contributed by atoms with van der Waals surface area (Å²) >= 11 is 0. The Morgan fingerprint density at radius 2 is 1.81 bits per heavy atom. The van der Waals surface area contributed by atoms with Gasteiger partial charge in [0.2, 0.25) is 5.91 Å². The molecule has 2 fully saturated rings. The van der Waals surface area contributed by atoms with Gasteiger partial charge >= 0.3 is 5.97 Å². The van der Waals surface area contributed by atoms with Gasteiger partial charge in [0.25, 0.3) is 0 Å². The van der Waals surface area contributed by atoms with Crippen LogP contribution >= 0.6 is 0 Å². The van der Waals surface area contributed by atoms with Gasteiger partial charge in [-0.05, 0) is 81.6 Å². The number of hydrogen-bond donors (Lipinski definition) is 1. The number of unbranched alkanes of at least 4 members (excludes halogenated alkanes) is 2. The molecule has 0 spiro atoms. The highest BCUT2D eigenvalue weighted by molar-refractivity contribution is 5.76. The molecule has 3 rings (SSSR count). The van der Waals surface area contributed by atoms with Crippen LogP contribution in [-0.4, -0.2) is 67.6 Å². The summed E-state index contributed by atoms with van der Waals surface area (Å²) < 4.78 is 11.1. The Bertz CT molecular complexity index is 872. The van der Waals surface area contributed by atoms with Crippen molar-refractivity contribution in [3.63, 3.8) is 0 Å². The smallest absolute Gasteiger partial charge is 0.325 e. The van der Waals surface area contributed by atoms with Gasteiger partial charge in [-0.15, -0.1) is 0 Å². The molecule has 0 radical (unpaired) electrons. The molecule has 37 heavy (non-hydrogen) atoms. The molecule has 1 N–H and O–H groups in total. The molecular formula is C30H47N3O4. The van der Waals surface area contributed by atoms with E-state index >= 15 is 0 Å². The molecule has 206 valence electrons. The molecule has 1 aromatic rings. The standard InChI is InChI=1S/C30H47N3O4/c1-24(2)11-7-4-5-8-12-29(34)31-22-25-13-14-27(28(21-25)36-3)37-30(35)23-32-19-15-26(16-20-32)33-17-9-6-10-18-33/h7,11,13-14,21,24,26H,4-6,8-10,12,15-20,22-23H2,1-3H3,(H,31,34)/b11-7+. The summed E-state index contributed by atoms with van der Waals surface area (Å²) in [5.74, 6) is 1.27. The Balaban J connectivity index is 1.37. The summed E-state index contributed by atoms with van der Waals surface area (Å²) in [5.41, 5.74) is 0.907. The number of carbonyl (C=O) groups excluding carboxylic acids is 2. The molecule has 1 amide bonds. The first-order valence-corrected chi connectivity index (χ1v) is 14.2. The lowest BCUT2D eigenvalue weighted by molar-refractivity contribution is -0.136. The Kier molecular flexibility index (Phi) is 12.4. The first kappa shape index (κ1) is 29.2. The third kappa shape index (κ3) is 10.5. The van der Waals surface area contributed by atoms with Gasteiger partial charge in [0.15, 0.2) is 11.5 Å². The fourth-order valence-electron chi connectivity index (χ4n) is 5.18. The topological polar surface area (TPSA) is 71.1 Å². The molecule has 2 saturated heterocycles. The van der Waals surface area contributed by atoms with Crippen molar-refractivity contribution in [3.8, 4) is 11.5 Å². The Labute approximate surface area is 223 Å². The minimum Gasteiger partial charge on any atom is -0.493 e. The third-order valence-electron chi connectivity index (χ3n) is 7.30. The van der Waals surface area contributed by atoms with E-state index < -0.39 is 0 Å². The van der Waals surface area contributed by atoms with E-state index in [1.165, 1.54) is 32.4 Å². The lowest BCUT2D eigenvalue weighted by Crippen LogP contribution is -2.48. The summed E-state index contributed by atoms with van der Waals surface area (Å²) in [6.45, 7) is 9.35. The number of hydrogen-bond acceptors (Lipinski definition) is 6. The van der Waals surface area contributed by atoms with Crippen LogP contribution in [-0.2, 0) is 16.1 Å². The first-order chi connectivity index (χ1) is 17.9. The van der Waals surface area contributed by atoms with Crippen molar-refractivity contribution >= 4 is 11.9 Å². The molecule has 0 aromatic heterocycles. The molecule has 0 aliphatic carbocycles. The second-order valence-electron chi connectivity index (χ2n) is 10.8. The molecule has 2 aliphatic heterocycles. The van der Waals surface area contributed by atoms with Gasteiger partial charge in [0.05, 0.1) is 13.7 Å². The maximum Gasteiger partial charge on any atom is 0.325 e. The van der Waals surface area contributed by atoms with Crippen molar-refractivity contribution in [3.05, 3.63) is 35.9 Å². The van der Waals surface area contributed by atoms with Crippen LogP contribution in [0.25, 0.3) is 0 Å². The minimum absolute atomic E-state index is 0.0476. The number of ether oxygens (including phenoxy) is 2. The third-order valence-corrected chi connectivity index (χ3v) is 7.30. The normalized spacial score (nSPS) is 17.8. The second-order valence-corrected chi connectivity index (χ2v) is 10.8. The van der Waals surface area contributed by atoms with Crippen LogP contribution in [0.5, 0.6) is 11.5 Å². The summed E-state index contributed by atoms with van der Waals surface area (Å²) in [6, 6.07) is 6.10. The zero-order valence-electron chi connectivity index (χ0n) is 23.2. The summed E-state index contributed by atoms with van der Waals surface area (Å²) in [4.78, 5) is 29.7. The lowest BCUT2D eigenvalue weighted by Gasteiger charge is -2.39. The van der Waals surface area contributed by atoms with Crippen LogP contribution in [0.3, 0.4) is 0 Å². The number of benzene rings is 1. The number of nitrogens with one attached hydrogen (secondary N) is 1. The lowest BCUT2D eigenvalue weighted by atomic mass is 10.00. The average Bonchev–Trinajstić information content (AvgIpc) is 2.90. The number of piperidine rings is 2. The van der Waals surface area contributed by atoms with Crippen molar-refractivity contribution in [2.45, 2.75) is 84.2 Å².